The van der Waals surface area contributed by atoms with Crippen LogP contribution in [0.5, 0.6) is 0 Å². The number of carbonyl (C=O) groups excluding carboxylic acids is 2. The number of amides is 2. The summed E-state index contributed by atoms with van der Waals surface area (Å²) in [5.74, 6) is 0.0761. The van der Waals surface area contributed by atoms with Crippen LogP contribution in [0.2, 0.25) is 0 Å². The minimum absolute atomic E-state index is 0.259. The molecule has 3 rings (SSSR count). The average Bonchev–Trinajstić information content (AvgIpc) is 2.78. The highest BCUT2D eigenvalue weighted by molar-refractivity contribution is 6.34. The third kappa shape index (κ3) is 2.45. The zero-order chi connectivity index (χ0) is 14.8. The Labute approximate surface area is 128 Å². The van der Waals surface area contributed by atoms with Crippen molar-refractivity contribution in [2.24, 2.45) is 0 Å². The molecular weight excluding hydrogens is 286 g/mol. The number of imide groups is 1. The van der Waals surface area contributed by atoms with Crippen LogP contribution in [-0.2, 0) is 6.42 Å². The lowest BCUT2D eigenvalue weighted by Gasteiger charge is -2.15. The van der Waals surface area contributed by atoms with Gasteiger partial charge in [-0.05, 0) is 42.7 Å². The van der Waals surface area contributed by atoms with Crippen molar-refractivity contribution in [1.29, 1.82) is 0 Å². The second kappa shape index (κ2) is 5.70. The summed E-state index contributed by atoms with van der Waals surface area (Å²) in [6, 6.07) is 14.4. The van der Waals surface area contributed by atoms with Gasteiger partial charge in [0.05, 0.1) is 16.8 Å². The first-order valence-corrected chi connectivity index (χ1v) is 7.38. The Hall–Kier alpha value is -2.13. The maximum Gasteiger partial charge on any atom is 0.266 e. The van der Waals surface area contributed by atoms with E-state index in [2.05, 4.69) is 0 Å². The molecule has 0 spiro atoms. The Morgan fingerprint density at radius 3 is 2.19 bits per heavy atom. The number of benzene rings is 2. The molecule has 0 N–H and O–H groups in total. The van der Waals surface area contributed by atoms with E-state index in [-0.39, 0.29) is 11.8 Å². The Balaban J connectivity index is 1.95. The maximum absolute atomic E-state index is 12.4. The first-order valence-electron chi connectivity index (χ1n) is 6.85. The molecule has 106 valence electrons. The Kier molecular flexibility index (Phi) is 3.76. The molecule has 21 heavy (non-hydrogen) atoms. The van der Waals surface area contributed by atoms with Crippen LogP contribution in [0.3, 0.4) is 0 Å². The van der Waals surface area contributed by atoms with E-state index in [1.54, 1.807) is 30.3 Å². The van der Waals surface area contributed by atoms with Gasteiger partial charge >= 0.3 is 0 Å². The largest absolute Gasteiger partial charge is 0.268 e. The summed E-state index contributed by atoms with van der Waals surface area (Å²) in [6.45, 7) is 0. The molecule has 0 saturated carbocycles. The smallest absolute Gasteiger partial charge is 0.266 e. The molecule has 2 amide bonds. The van der Waals surface area contributed by atoms with Gasteiger partial charge in [-0.3, -0.25) is 9.59 Å². The van der Waals surface area contributed by atoms with Gasteiger partial charge in [-0.15, -0.1) is 11.6 Å². The molecule has 0 aromatic heterocycles. The monoisotopic (exact) mass is 299 g/mol. The number of fused-ring (bicyclic) bond motifs is 1. The van der Waals surface area contributed by atoms with Gasteiger partial charge in [-0.2, -0.15) is 0 Å². The molecule has 3 nitrogen and oxygen atoms in total. The van der Waals surface area contributed by atoms with Crippen LogP contribution >= 0.6 is 11.6 Å². The van der Waals surface area contributed by atoms with E-state index < -0.39 is 0 Å². The standard InChI is InChI=1S/C17H14ClNO2/c18-10-4-6-12-5-3-7-13(11-12)19-16(20)14-8-1-2-9-15(14)17(19)21/h1-3,5,7-9,11H,4,6,10H2. The van der Waals surface area contributed by atoms with Crippen LogP contribution in [0.1, 0.15) is 32.7 Å². The lowest BCUT2D eigenvalue weighted by atomic mass is 10.1. The summed E-state index contributed by atoms with van der Waals surface area (Å²) in [5.41, 5.74) is 2.63. The molecule has 0 radical (unpaired) electrons. The Morgan fingerprint density at radius 2 is 1.57 bits per heavy atom. The third-order valence-corrected chi connectivity index (χ3v) is 3.83. The number of nitrogens with zero attached hydrogens (tertiary/aromatic N) is 1. The van der Waals surface area contributed by atoms with Gasteiger partial charge in [0.25, 0.3) is 11.8 Å². The SMILES string of the molecule is O=C1c2ccccc2C(=O)N1c1cccc(CCCCl)c1. The Bertz CT molecular complexity index is 676. The highest BCUT2D eigenvalue weighted by atomic mass is 35.5. The van der Waals surface area contributed by atoms with Crippen LogP contribution in [0.15, 0.2) is 48.5 Å². The van der Waals surface area contributed by atoms with Crippen LogP contribution in [0.4, 0.5) is 5.69 Å². The molecule has 1 aliphatic heterocycles. The van der Waals surface area contributed by atoms with E-state index >= 15 is 0 Å². The third-order valence-electron chi connectivity index (χ3n) is 3.56. The van der Waals surface area contributed by atoms with Crippen LogP contribution in [0, 0.1) is 0 Å². The molecule has 0 bridgehead atoms. The first-order chi connectivity index (χ1) is 10.2. The van der Waals surface area contributed by atoms with Gasteiger partial charge in [-0.25, -0.2) is 4.90 Å². The van der Waals surface area contributed by atoms with Crippen LogP contribution in [0.25, 0.3) is 0 Å². The number of aryl methyl sites for hydroxylation is 1. The molecule has 4 heteroatoms. The van der Waals surface area contributed by atoms with Crippen molar-refractivity contribution in [3.63, 3.8) is 0 Å². The second-order valence-corrected chi connectivity index (χ2v) is 5.33. The van der Waals surface area contributed by atoms with Crippen molar-refractivity contribution < 1.29 is 9.59 Å². The van der Waals surface area contributed by atoms with Crippen LogP contribution in [-0.4, -0.2) is 17.7 Å². The van der Waals surface area contributed by atoms with E-state index in [4.69, 9.17) is 11.6 Å². The predicted molar refractivity (Wildman–Crippen MR) is 83.1 cm³/mol. The molecule has 2 aromatic rings. The predicted octanol–water partition coefficient (Wildman–Crippen LogP) is 3.66. The molecule has 0 atom stereocenters. The summed E-state index contributed by atoms with van der Waals surface area (Å²) < 4.78 is 0. The molecule has 0 saturated heterocycles. The van der Waals surface area contributed by atoms with Crippen LogP contribution < -0.4 is 4.90 Å². The number of rotatable bonds is 4. The van der Waals surface area contributed by atoms with Crippen molar-refractivity contribution >= 4 is 29.1 Å². The van der Waals surface area contributed by atoms with Gasteiger partial charge in [-0.1, -0.05) is 24.3 Å². The molecule has 2 aromatic carbocycles. The molecule has 1 heterocycles. The highest BCUT2D eigenvalue weighted by Gasteiger charge is 2.36. The summed E-state index contributed by atoms with van der Waals surface area (Å²) in [6.07, 6.45) is 1.70. The quantitative estimate of drug-likeness (QED) is 0.638. The van der Waals surface area contributed by atoms with Gasteiger partial charge in [0, 0.05) is 5.88 Å². The van der Waals surface area contributed by atoms with Gasteiger partial charge < -0.3 is 0 Å². The summed E-state index contributed by atoms with van der Waals surface area (Å²) in [5, 5.41) is 0. The van der Waals surface area contributed by atoms with Crippen molar-refractivity contribution in [2.45, 2.75) is 12.8 Å². The fourth-order valence-electron chi connectivity index (χ4n) is 2.55. The number of halogens is 1. The highest BCUT2D eigenvalue weighted by Crippen LogP contribution is 2.28. The number of hydrogen-bond acceptors (Lipinski definition) is 2. The summed E-state index contributed by atoms with van der Waals surface area (Å²) in [4.78, 5) is 26.1. The van der Waals surface area contributed by atoms with Crippen molar-refractivity contribution in [3.8, 4) is 0 Å². The van der Waals surface area contributed by atoms with Crippen molar-refractivity contribution in [2.75, 3.05) is 10.8 Å². The van der Waals surface area contributed by atoms with E-state index in [1.807, 2.05) is 18.2 Å². The number of carbonyl (C=O) groups is 2. The molecule has 1 aliphatic rings. The first kappa shape index (κ1) is 13.8. The molecule has 0 fully saturated rings. The normalized spacial score (nSPS) is 13.7. The van der Waals surface area contributed by atoms with E-state index in [1.165, 1.54) is 4.90 Å². The van der Waals surface area contributed by atoms with Crippen molar-refractivity contribution in [3.05, 3.63) is 65.2 Å². The van der Waals surface area contributed by atoms with Crippen molar-refractivity contribution in [1.82, 2.24) is 0 Å². The molecular formula is C17H14ClNO2. The zero-order valence-electron chi connectivity index (χ0n) is 11.4. The van der Waals surface area contributed by atoms with E-state index in [0.717, 1.165) is 18.4 Å². The van der Waals surface area contributed by atoms with Gasteiger partial charge in [0.2, 0.25) is 0 Å². The fraction of sp³-hybridized carbons (Fsp3) is 0.176. The summed E-state index contributed by atoms with van der Waals surface area (Å²) in [7, 11) is 0. The molecule has 0 aliphatic carbocycles. The van der Waals surface area contributed by atoms with E-state index in [9.17, 15) is 9.59 Å². The lowest BCUT2D eigenvalue weighted by molar-refractivity contribution is 0.0926. The number of anilines is 1. The number of alkyl halides is 1. The van der Waals surface area contributed by atoms with Gasteiger partial charge in [0.1, 0.15) is 0 Å². The Morgan fingerprint density at radius 1 is 0.905 bits per heavy atom. The minimum Gasteiger partial charge on any atom is -0.268 e. The lowest BCUT2D eigenvalue weighted by Crippen LogP contribution is -2.29. The topological polar surface area (TPSA) is 37.4 Å². The zero-order valence-corrected chi connectivity index (χ0v) is 12.1. The van der Waals surface area contributed by atoms with E-state index in [0.29, 0.717) is 22.7 Å². The fourth-order valence-corrected chi connectivity index (χ4v) is 2.68. The second-order valence-electron chi connectivity index (χ2n) is 4.95. The average molecular weight is 300 g/mol. The maximum atomic E-state index is 12.4. The molecule has 0 unspecified atom stereocenters. The minimum atomic E-state index is -0.259. The van der Waals surface area contributed by atoms with Gasteiger partial charge in [0.15, 0.2) is 0 Å². The summed E-state index contributed by atoms with van der Waals surface area (Å²) >= 11 is 5.71. The number of hydrogen-bond donors (Lipinski definition) is 0.